The van der Waals surface area contributed by atoms with E-state index in [0.717, 1.165) is 27.6 Å². The zero-order chi connectivity index (χ0) is 27.9. The summed E-state index contributed by atoms with van der Waals surface area (Å²) < 4.78 is 25.1. The number of fused-ring (bicyclic) bond motifs is 1. The molecule has 0 aliphatic carbocycles. The van der Waals surface area contributed by atoms with Gasteiger partial charge in [-0.1, -0.05) is 84.6 Å². The molecule has 0 spiro atoms. The molecule has 3 aromatic carbocycles. The predicted molar refractivity (Wildman–Crippen MR) is 159 cm³/mol. The van der Waals surface area contributed by atoms with Gasteiger partial charge in [0.2, 0.25) is 0 Å². The van der Waals surface area contributed by atoms with Crippen LogP contribution in [-0.4, -0.2) is 72.3 Å². The first-order valence-electron chi connectivity index (χ1n) is 13.7. The standard InChI is InChI=1S/C32H38N2O5S/c1-34(2)32-33-27-29(37-20-23-10-6-4-7-11-23)30(38-21-24-12-8-5-9-13-24)28(39-31(27)40-32)26(35)19-16-22-14-17-25(36-3)18-15-22/h4-15,17-18,26-31,35H,16,19-21H2,1-3H3/t26?,27-,28-,29-,30-,31-/m1/s1. The van der Waals surface area contributed by atoms with Crippen molar-refractivity contribution >= 4 is 16.9 Å². The van der Waals surface area contributed by atoms with Crippen molar-refractivity contribution in [3.8, 4) is 5.75 Å². The van der Waals surface area contributed by atoms with E-state index in [9.17, 15) is 5.11 Å². The molecule has 5 rings (SSSR count). The van der Waals surface area contributed by atoms with Gasteiger partial charge in [0, 0.05) is 14.1 Å². The molecule has 0 aromatic heterocycles. The highest BCUT2D eigenvalue weighted by molar-refractivity contribution is 8.14. The third kappa shape index (κ3) is 7.06. The Morgan fingerprint density at radius 3 is 2.02 bits per heavy atom. The lowest BCUT2D eigenvalue weighted by molar-refractivity contribution is -0.221. The molecule has 6 atom stereocenters. The predicted octanol–water partition coefficient (Wildman–Crippen LogP) is 4.92. The molecule has 212 valence electrons. The largest absolute Gasteiger partial charge is 0.497 e. The fourth-order valence-electron chi connectivity index (χ4n) is 5.06. The first-order valence-corrected chi connectivity index (χ1v) is 14.6. The second kappa shape index (κ2) is 13.7. The van der Waals surface area contributed by atoms with Crippen LogP contribution in [0.3, 0.4) is 0 Å². The average molecular weight is 563 g/mol. The number of aliphatic hydroxyl groups excluding tert-OH is 1. The average Bonchev–Trinajstić information content (AvgIpc) is 3.43. The van der Waals surface area contributed by atoms with Crippen LogP contribution in [0, 0.1) is 0 Å². The van der Waals surface area contributed by atoms with Crippen molar-refractivity contribution in [2.45, 2.75) is 61.9 Å². The van der Waals surface area contributed by atoms with Crippen molar-refractivity contribution in [2.24, 2.45) is 4.99 Å². The molecule has 1 N–H and O–H groups in total. The summed E-state index contributed by atoms with van der Waals surface area (Å²) in [6.45, 7) is 0.808. The van der Waals surface area contributed by atoms with Crippen LogP contribution in [-0.2, 0) is 33.8 Å². The Labute approximate surface area is 241 Å². The molecule has 40 heavy (non-hydrogen) atoms. The zero-order valence-electron chi connectivity index (χ0n) is 23.3. The lowest BCUT2D eigenvalue weighted by atomic mass is 9.91. The van der Waals surface area contributed by atoms with Crippen LogP contribution in [0.1, 0.15) is 23.1 Å². The van der Waals surface area contributed by atoms with Crippen LogP contribution < -0.4 is 4.74 Å². The number of rotatable bonds is 11. The number of hydrogen-bond acceptors (Lipinski definition) is 8. The number of nitrogens with zero attached hydrogens (tertiary/aromatic N) is 2. The van der Waals surface area contributed by atoms with Gasteiger partial charge < -0.3 is 29.0 Å². The second-order valence-electron chi connectivity index (χ2n) is 10.4. The fourth-order valence-corrected chi connectivity index (χ4v) is 6.20. The van der Waals surface area contributed by atoms with Crippen LogP contribution >= 0.6 is 11.8 Å². The Hall–Kier alpha value is -2.88. The monoisotopic (exact) mass is 562 g/mol. The summed E-state index contributed by atoms with van der Waals surface area (Å²) in [5.41, 5.74) is 2.98. The number of aryl methyl sites for hydroxylation is 1. The smallest absolute Gasteiger partial charge is 0.161 e. The van der Waals surface area contributed by atoms with E-state index in [0.29, 0.717) is 26.1 Å². The normalized spacial score (nSPS) is 24.7. The van der Waals surface area contributed by atoms with Crippen LogP contribution in [0.4, 0.5) is 0 Å². The Kier molecular flexibility index (Phi) is 9.78. The highest BCUT2D eigenvalue weighted by Crippen LogP contribution is 2.41. The van der Waals surface area contributed by atoms with Crippen LogP contribution in [0.25, 0.3) is 0 Å². The van der Waals surface area contributed by atoms with Gasteiger partial charge in [-0.15, -0.1) is 0 Å². The summed E-state index contributed by atoms with van der Waals surface area (Å²) in [7, 11) is 5.62. The maximum atomic E-state index is 11.6. The Balaban J connectivity index is 1.39. The maximum absolute atomic E-state index is 11.6. The number of ether oxygens (including phenoxy) is 4. The number of hydrogen-bond donors (Lipinski definition) is 1. The first kappa shape index (κ1) is 28.6. The van der Waals surface area contributed by atoms with Gasteiger partial charge in [0.1, 0.15) is 35.5 Å². The molecule has 2 aliphatic rings. The molecule has 0 radical (unpaired) electrons. The van der Waals surface area contributed by atoms with Crippen molar-refractivity contribution in [1.29, 1.82) is 0 Å². The molecular weight excluding hydrogens is 524 g/mol. The van der Waals surface area contributed by atoms with E-state index in [-0.39, 0.29) is 11.5 Å². The molecule has 1 fully saturated rings. The molecular formula is C32H38N2O5S. The summed E-state index contributed by atoms with van der Waals surface area (Å²) in [6.07, 6.45) is -1.01. The summed E-state index contributed by atoms with van der Waals surface area (Å²) in [5.74, 6) is 0.814. The van der Waals surface area contributed by atoms with Gasteiger partial charge in [0.15, 0.2) is 5.17 Å². The molecule has 8 heteroatoms. The lowest BCUT2D eigenvalue weighted by Crippen LogP contribution is -2.60. The number of amidine groups is 1. The lowest BCUT2D eigenvalue weighted by Gasteiger charge is -2.44. The quantitative estimate of drug-likeness (QED) is 0.356. The van der Waals surface area contributed by atoms with Crippen LogP contribution in [0.2, 0.25) is 0 Å². The Morgan fingerprint density at radius 2 is 1.45 bits per heavy atom. The molecule has 2 heterocycles. The molecule has 7 nitrogen and oxygen atoms in total. The van der Waals surface area contributed by atoms with Gasteiger partial charge in [0.25, 0.3) is 0 Å². The van der Waals surface area contributed by atoms with E-state index in [1.807, 2.05) is 91.8 Å². The highest BCUT2D eigenvalue weighted by atomic mass is 32.2. The van der Waals surface area contributed by atoms with Gasteiger partial charge in [-0.2, -0.15) is 0 Å². The van der Waals surface area contributed by atoms with E-state index in [2.05, 4.69) is 12.1 Å². The number of methoxy groups -OCH3 is 1. The van der Waals surface area contributed by atoms with Crippen molar-refractivity contribution in [2.75, 3.05) is 21.2 Å². The molecule has 0 amide bonds. The van der Waals surface area contributed by atoms with E-state index >= 15 is 0 Å². The van der Waals surface area contributed by atoms with E-state index < -0.39 is 24.4 Å². The summed E-state index contributed by atoms with van der Waals surface area (Å²) in [4.78, 5) is 6.99. The fraction of sp³-hybridized carbons (Fsp3) is 0.406. The summed E-state index contributed by atoms with van der Waals surface area (Å²) >= 11 is 1.58. The molecule has 2 aliphatic heterocycles. The van der Waals surface area contributed by atoms with Crippen molar-refractivity contribution in [3.05, 3.63) is 102 Å². The summed E-state index contributed by atoms with van der Waals surface area (Å²) in [5, 5.41) is 12.4. The third-order valence-electron chi connectivity index (χ3n) is 7.26. The number of benzene rings is 3. The Bertz CT molecular complexity index is 1230. The molecule has 1 saturated heterocycles. The minimum Gasteiger partial charge on any atom is -0.497 e. The van der Waals surface area contributed by atoms with E-state index in [4.69, 9.17) is 23.9 Å². The van der Waals surface area contributed by atoms with Gasteiger partial charge in [-0.25, -0.2) is 0 Å². The maximum Gasteiger partial charge on any atom is 0.161 e. The van der Waals surface area contributed by atoms with Crippen LogP contribution in [0.15, 0.2) is 89.9 Å². The molecule has 0 bridgehead atoms. The van der Waals surface area contributed by atoms with Gasteiger partial charge in [-0.3, -0.25) is 4.99 Å². The number of aliphatic hydroxyl groups is 1. The minimum absolute atomic E-state index is 0.253. The van der Waals surface area contributed by atoms with E-state index in [1.54, 1.807) is 18.9 Å². The third-order valence-corrected chi connectivity index (χ3v) is 8.56. The second-order valence-corrected chi connectivity index (χ2v) is 11.4. The van der Waals surface area contributed by atoms with Crippen LogP contribution in [0.5, 0.6) is 5.75 Å². The SMILES string of the molecule is COc1ccc(CCC(O)[C@H]2O[C@@H]3SC(N(C)C)=N[C@@H]3[C@@H](OCc3ccccc3)[C@@H]2OCc2ccccc2)cc1. The first-order chi connectivity index (χ1) is 19.5. The van der Waals surface area contributed by atoms with Gasteiger partial charge in [-0.05, 0) is 41.7 Å². The van der Waals surface area contributed by atoms with Gasteiger partial charge >= 0.3 is 0 Å². The van der Waals surface area contributed by atoms with Gasteiger partial charge in [0.05, 0.1) is 26.4 Å². The molecule has 0 saturated carbocycles. The summed E-state index contributed by atoms with van der Waals surface area (Å²) in [6, 6.07) is 27.9. The minimum atomic E-state index is -0.754. The Morgan fingerprint density at radius 1 is 0.850 bits per heavy atom. The highest BCUT2D eigenvalue weighted by Gasteiger charge is 2.52. The molecule has 1 unspecified atom stereocenters. The van der Waals surface area contributed by atoms with Crippen molar-refractivity contribution in [3.63, 3.8) is 0 Å². The van der Waals surface area contributed by atoms with Crippen molar-refractivity contribution < 1.29 is 24.1 Å². The number of aliphatic imine (C=N–C) groups is 1. The van der Waals surface area contributed by atoms with Crippen molar-refractivity contribution in [1.82, 2.24) is 4.90 Å². The topological polar surface area (TPSA) is 72.8 Å². The molecule has 3 aromatic rings. The van der Waals surface area contributed by atoms with E-state index in [1.165, 1.54) is 0 Å². The number of thioether (sulfide) groups is 1. The zero-order valence-corrected chi connectivity index (χ0v) is 24.1.